The molecule has 0 saturated carbocycles. The normalized spacial score (nSPS) is 15.9. The smallest absolute Gasteiger partial charge is 0.312 e. The van der Waals surface area contributed by atoms with E-state index in [1.54, 1.807) is 6.92 Å². The van der Waals surface area contributed by atoms with Gasteiger partial charge in [0.2, 0.25) is 0 Å². The largest absolute Gasteiger partial charge is 0.396 e. The lowest BCUT2D eigenvalue weighted by Crippen LogP contribution is -2.41. The van der Waals surface area contributed by atoms with E-state index in [0.717, 1.165) is 0 Å². The highest BCUT2D eigenvalue weighted by atomic mass is 16.3. The molecule has 0 aliphatic carbocycles. The Bertz CT molecular complexity index is 116. The highest BCUT2D eigenvalue weighted by Crippen LogP contribution is 1.99. The van der Waals surface area contributed by atoms with Crippen LogP contribution in [0.15, 0.2) is 0 Å². The van der Waals surface area contributed by atoms with E-state index in [2.05, 4.69) is 5.32 Å². The number of primary amides is 1. The van der Waals surface area contributed by atoms with Crippen molar-refractivity contribution in [3.8, 4) is 0 Å². The zero-order valence-corrected chi connectivity index (χ0v) is 6.29. The van der Waals surface area contributed by atoms with Gasteiger partial charge in [-0.1, -0.05) is 6.92 Å². The molecule has 2 amide bonds. The van der Waals surface area contributed by atoms with Crippen LogP contribution in [0.25, 0.3) is 0 Å². The van der Waals surface area contributed by atoms with Crippen LogP contribution < -0.4 is 11.1 Å². The van der Waals surface area contributed by atoms with Crippen molar-refractivity contribution in [3.63, 3.8) is 0 Å². The molecule has 0 heterocycles. The SMILES string of the molecule is CC(CO)C(C)NC(N)=O. The van der Waals surface area contributed by atoms with E-state index in [9.17, 15) is 4.79 Å². The molecule has 0 fully saturated rings. The van der Waals surface area contributed by atoms with Gasteiger partial charge in [-0.05, 0) is 12.8 Å². The molecule has 2 unspecified atom stereocenters. The van der Waals surface area contributed by atoms with Crippen LogP contribution in [0.1, 0.15) is 13.8 Å². The van der Waals surface area contributed by atoms with E-state index in [4.69, 9.17) is 10.8 Å². The van der Waals surface area contributed by atoms with Crippen LogP contribution in [0.3, 0.4) is 0 Å². The topological polar surface area (TPSA) is 75.3 Å². The summed E-state index contributed by atoms with van der Waals surface area (Å²) in [5.41, 5.74) is 4.85. The first-order chi connectivity index (χ1) is 4.57. The van der Waals surface area contributed by atoms with Gasteiger partial charge < -0.3 is 16.2 Å². The summed E-state index contributed by atoms with van der Waals surface area (Å²) in [5.74, 6) is 0.0486. The maximum Gasteiger partial charge on any atom is 0.312 e. The van der Waals surface area contributed by atoms with Gasteiger partial charge in [0.05, 0.1) is 0 Å². The Morgan fingerprint density at radius 2 is 2.20 bits per heavy atom. The van der Waals surface area contributed by atoms with Crippen LogP contribution in [0.5, 0.6) is 0 Å². The van der Waals surface area contributed by atoms with Crippen molar-refractivity contribution in [1.29, 1.82) is 0 Å². The Labute approximate surface area is 60.4 Å². The van der Waals surface area contributed by atoms with Crippen molar-refractivity contribution in [1.82, 2.24) is 5.32 Å². The molecule has 0 aliphatic heterocycles. The maximum absolute atomic E-state index is 10.3. The Balaban J connectivity index is 3.61. The van der Waals surface area contributed by atoms with Gasteiger partial charge in [0, 0.05) is 12.6 Å². The fraction of sp³-hybridized carbons (Fsp3) is 0.833. The maximum atomic E-state index is 10.3. The second-order valence-corrected chi connectivity index (χ2v) is 2.46. The molecule has 4 N–H and O–H groups in total. The molecule has 0 aliphatic rings. The van der Waals surface area contributed by atoms with Gasteiger partial charge in [-0.15, -0.1) is 0 Å². The van der Waals surface area contributed by atoms with Crippen LogP contribution in [0.2, 0.25) is 0 Å². The number of urea groups is 1. The summed E-state index contributed by atoms with van der Waals surface area (Å²) in [7, 11) is 0. The van der Waals surface area contributed by atoms with Crippen molar-refractivity contribution in [2.24, 2.45) is 11.7 Å². The Hall–Kier alpha value is -0.770. The van der Waals surface area contributed by atoms with Gasteiger partial charge in [-0.2, -0.15) is 0 Å². The van der Waals surface area contributed by atoms with E-state index < -0.39 is 6.03 Å². The number of nitrogens with two attached hydrogens (primary N) is 1. The Kier molecular flexibility index (Phi) is 3.79. The van der Waals surface area contributed by atoms with Gasteiger partial charge in [0.15, 0.2) is 0 Å². The number of aliphatic hydroxyl groups is 1. The standard InChI is InChI=1S/C6H14N2O2/c1-4(3-9)5(2)8-6(7)10/h4-5,9H,3H2,1-2H3,(H3,7,8,10). The molecule has 0 radical (unpaired) electrons. The zero-order valence-electron chi connectivity index (χ0n) is 6.29. The molecular formula is C6H14N2O2. The van der Waals surface area contributed by atoms with Crippen molar-refractivity contribution in [2.75, 3.05) is 6.61 Å². The molecule has 0 aromatic carbocycles. The number of hydrogen-bond acceptors (Lipinski definition) is 2. The predicted octanol–water partition coefficient (Wildman–Crippen LogP) is -0.328. The second-order valence-electron chi connectivity index (χ2n) is 2.46. The number of carbonyl (C=O) groups excluding carboxylic acids is 1. The van der Waals surface area contributed by atoms with E-state index in [0.29, 0.717) is 0 Å². The first kappa shape index (κ1) is 9.23. The lowest BCUT2D eigenvalue weighted by Gasteiger charge is -2.17. The molecule has 0 aromatic rings. The summed E-state index contributed by atoms with van der Waals surface area (Å²) < 4.78 is 0. The fourth-order valence-corrected chi connectivity index (χ4v) is 0.525. The first-order valence-corrected chi connectivity index (χ1v) is 3.24. The molecule has 0 saturated heterocycles. The van der Waals surface area contributed by atoms with Crippen LogP contribution in [-0.2, 0) is 0 Å². The minimum atomic E-state index is -0.548. The van der Waals surface area contributed by atoms with E-state index >= 15 is 0 Å². The molecule has 0 bridgehead atoms. The quantitative estimate of drug-likeness (QED) is 0.510. The summed E-state index contributed by atoms with van der Waals surface area (Å²) in [5, 5.41) is 11.1. The molecule has 4 heteroatoms. The number of aliphatic hydroxyl groups excluding tert-OH is 1. The van der Waals surface area contributed by atoms with Crippen LogP contribution >= 0.6 is 0 Å². The number of carbonyl (C=O) groups is 1. The van der Waals surface area contributed by atoms with Gasteiger partial charge in [0.25, 0.3) is 0 Å². The molecule has 0 rings (SSSR count). The van der Waals surface area contributed by atoms with Crippen LogP contribution in [-0.4, -0.2) is 23.8 Å². The summed E-state index contributed by atoms with van der Waals surface area (Å²) >= 11 is 0. The van der Waals surface area contributed by atoms with Gasteiger partial charge in [-0.3, -0.25) is 0 Å². The van der Waals surface area contributed by atoms with Crippen molar-refractivity contribution in [2.45, 2.75) is 19.9 Å². The van der Waals surface area contributed by atoms with Crippen molar-refractivity contribution in [3.05, 3.63) is 0 Å². The van der Waals surface area contributed by atoms with Crippen LogP contribution in [0.4, 0.5) is 4.79 Å². The van der Waals surface area contributed by atoms with Crippen molar-refractivity contribution < 1.29 is 9.90 Å². The number of amides is 2. The predicted molar refractivity (Wildman–Crippen MR) is 38.4 cm³/mol. The minimum absolute atomic E-state index is 0.0486. The Morgan fingerprint density at radius 1 is 1.70 bits per heavy atom. The first-order valence-electron chi connectivity index (χ1n) is 3.24. The number of nitrogens with one attached hydrogen (secondary N) is 1. The van der Waals surface area contributed by atoms with Gasteiger partial charge >= 0.3 is 6.03 Å². The Morgan fingerprint density at radius 3 is 2.50 bits per heavy atom. The average Bonchev–Trinajstić information content (AvgIpc) is 1.85. The molecule has 4 nitrogen and oxygen atoms in total. The highest BCUT2D eigenvalue weighted by Gasteiger charge is 2.11. The lowest BCUT2D eigenvalue weighted by atomic mass is 10.1. The van der Waals surface area contributed by atoms with E-state index in [-0.39, 0.29) is 18.6 Å². The highest BCUT2D eigenvalue weighted by molar-refractivity contribution is 5.71. The number of hydrogen-bond donors (Lipinski definition) is 3. The summed E-state index contributed by atoms with van der Waals surface area (Å²) in [6.45, 7) is 3.69. The van der Waals surface area contributed by atoms with E-state index in [1.807, 2.05) is 6.92 Å². The molecule has 10 heavy (non-hydrogen) atoms. The third-order valence-corrected chi connectivity index (χ3v) is 1.51. The molecule has 0 aromatic heterocycles. The molecule has 0 spiro atoms. The minimum Gasteiger partial charge on any atom is -0.396 e. The second kappa shape index (κ2) is 4.11. The van der Waals surface area contributed by atoms with Gasteiger partial charge in [0.1, 0.15) is 0 Å². The molecule has 2 atom stereocenters. The number of rotatable bonds is 3. The lowest BCUT2D eigenvalue weighted by molar-refractivity contribution is 0.203. The third-order valence-electron chi connectivity index (χ3n) is 1.51. The van der Waals surface area contributed by atoms with E-state index in [1.165, 1.54) is 0 Å². The van der Waals surface area contributed by atoms with Crippen molar-refractivity contribution >= 4 is 6.03 Å². The monoisotopic (exact) mass is 146 g/mol. The third kappa shape index (κ3) is 3.29. The van der Waals surface area contributed by atoms with Crippen LogP contribution in [0, 0.1) is 5.92 Å². The molecule has 60 valence electrons. The van der Waals surface area contributed by atoms with Gasteiger partial charge in [-0.25, -0.2) is 4.79 Å². The summed E-state index contributed by atoms with van der Waals surface area (Å²) in [4.78, 5) is 10.3. The fourth-order valence-electron chi connectivity index (χ4n) is 0.525. The molecular weight excluding hydrogens is 132 g/mol. The summed E-state index contributed by atoms with van der Waals surface area (Å²) in [6.07, 6.45) is 0. The summed E-state index contributed by atoms with van der Waals surface area (Å²) in [6, 6.07) is -0.615. The average molecular weight is 146 g/mol. The zero-order chi connectivity index (χ0) is 8.15.